The topological polar surface area (TPSA) is 83.2 Å². The van der Waals surface area contributed by atoms with Crippen LogP contribution in [0.25, 0.3) is 0 Å². The van der Waals surface area contributed by atoms with Gasteiger partial charge in [0.05, 0.1) is 0 Å². The highest BCUT2D eigenvalue weighted by molar-refractivity contribution is 5.73. The van der Waals surface area contributed by atoms with Crippen molar-refractivity contribution in [2.24, 2.45) is 5.73 Å². The van der Waals surface area contributed by atoms with Crippen molar-refractivity contribution < 1.29 is 15.0 Å². The molecule has 0 heterocycles. The summed E-state index contributed by atoms with van der Waals surface area (Å²) < 4.78 is 0. The van der Waals surface area contributed by atoms with Gasteiger partial charge in [-0.15, -0.1) is 0 Å². The van der Waals surface area contributed by atoms with Gasteiger partial charge in [0.2, 0.25) is 0 Å². The van der Waals surface area contributed by atoms with Gasteiger partial charge in [0, 0.05) is 0 Å². The van der Waals surface area contributed by atoms with E-state index in [9.17, 15) is 9.90 Å². The van der Waals surface area contributed by atoms with Crippen molar-refractivity contribution in [3.63, 3.8) is 0 Å². The summed E-state index contributed by atoms with van der Waals surface area (Å²) in [6.07, 6.45) is 0.246. The molecular weight excluding hydrogens is 170 g/mol. The molecule has 1 rings (SSSR count). The molecule has 4 heteroatoms. The number of carbonyl (C=O) groups is 1. The first-order valence-electron chi connectivity index (χ1n) is 3.84. The second kappa shape index (κ2) is 3.91. The van der Waals surface area contributed by atoms with Gasteiger partial charge < -0.3 is 10.8 Å². The molecule has 0 amide bonds. The maximum atomic E-state index is 10.7. The van der Waals surface area contributed by atoms with E-state index in [1.807, 2.05) is 0 Å². The largest absolute Gasteiger partial charge is 0.480 e. The fraction of sp³-hybridized carbons (Fsp3) is 0.222. The third-order valence-electron chi connectivity index (χ3n) is 1.70. The maximum Gasteiger partial charge on any atom is 0.320 e. The summed E-state index contributed by atoms with van der Waals surface area (Å²) in [5, 5.41) is 19.2. The Bertz CT molecular complexity index is 294. The van der Waals surface area contributed by atoms with Crippen LogP contribution in [0, 0.1) is 0 Å². The third kappa shape index (κ3) is 2.76. The van der Waals surface area contributed by atoms with Gasteiger partial charge in [0.1, 0.15) is 6.04 Å². The molecule has 69 valence electrons. The van der Waals surface area contributed by atoms with Crippen LogP contribution in [0.3, 0.4) is 0 Å². The molecule has 1 radical (unpaired) electrons. The molecule has 0 saturated carbocycles. The summed E-state index contributed by atoms with van der Waals surface area (Å²) in [7, 11) is 0. The van der Waals surface area contributed by atoms with E-state index in [4.69, 9.17) is 10.8 Å². The second-order valence-corrected chi connectivity index (χ2v) is 2.79. The quantitative estimate of drug-likeness (QED) is 0.721. The number of carboxylic acid groups (broad SMARTS) is 1. The van der Waals surface area contributed by atoms with Crippen molar-refractivity contribution in [1.82, 2.24) is 0 Å². The van der Waals surface area contributed by atoms with Gasteiger partial charge in [-0.05, 0) is 24.1 Å². The molecule has 0 aliphatic carbocycles. The monoisotopic (exact) mass is 180 g/mol. The van der Waals surface area contributed by atoms with Crippen molar-refractivity contribution in [2.75, 3.05) is 0 Å². The molecule has 0 bridgehead atoms. The Morgan fingerprint density at radius 2 is 1.92 bits per heavy atom. The Kier molecular flexibility index (Phi) is 2.87. The van der Waals surface area contributed by atoms with Gasteiger partial charge in [-0.2, -0.15) is 0 Å². The fourth-order valence-electron chi connectivity index (χ4n) is 0.967. The highest BCUT2D eigenvalue weighted by atomic mass is 16.4. The number of nitrogens with two attached hydrogens (primary N) is 1. The van der Waals surface area contributed by atoms with Gasteiger partial charge in [-0.1, -0.05) is 12.1 Å². The number of benzene rings is 1. The second-order valence-electron chi connectivity index (χ2n) is 2.79. The van der Waals surface area contributed by atoms with Crippen LogP contribution >= 0.6 is 0 Å². The summed E-state index contributed by atoms with van der Waals surface area (Å²) in [6, 6.07) is 5.06. The van der Waals surface area contributed by atoms with Crippen molar-refractivity contribution in [3.8, 4) is 5.75 Å². The molecule has 3 N–H and O–H groups in total. The fourth-order valence-corrected chi connectivity index (χ4v) is 0.967. The zero-order chi connectivity index (χ0) is 9.84. The van der Waals surface area contributed by atoms with Gasteiger partial charge in [0.15, 0.2) is 5.75 Å². The third-order valence-corrected chi connectivity index (χ3v) is 1.70. The van der Waals surface area contributed by atoms with Crippen molar-refractivity contribution in [2.45, 2.75) is 12.5 Å². The average Bonchev–Trinajstić information content (AvgIpc) is 2.08. The van der Waals surface area contributed by atoms with Crippen molar-refractivity contribution in [3.05, 3.63) is 29.8 Å². The Labute approximate surface area is 75.6 Å². The van der Waals surface area contributed by atoms with E-state index in [0.29, 0.717) is 0 Å². The Morgan fingerprint density at radius 1 is 1.38 bits per heavy atom. The molecule has 0 aliphatic heterocycles. The lowest BCUT2D eigenvalue weighted by Crippen LogP contribution is -2.32. The standard InChI is InChI=1S/C9H10NO3/c10-8(9(12)13)5-6-1-3-7(11)4-2-6/h1-4,8H,5,10H2,(H,12,13)/t8-/m1/s1. The predicted octanol–water partition coefficient (Wildman–Crippen LogP) is 0.785. The number of hydrogen-bond acceptors (Lipinski definition) is 2. The zero-order valence-corrected chi connectivity index (χ0v) is 6.93. The first kappa shape index (κ1) is 9.54. The van der Waals surface area contributed by atoms with Crippen LogP contribution < -0.4 is 5.73 Å². The van der Waals surface area contributed by atoms with Crippen LogP contribution in [0.5, 0.6) is 5.75 Å². The van der Waals surface area contributed by atoms with Gasteiger partial charge in [-0.25, -0.2) is 0 Å². The number of hydrogen-bond donors (Lipinski definition) is 2. The Balaban J connectivity index is 2.64. The van der Waals surface area contributed by atoms with Crippen molar-refractivity contribution >= 4 is 5.97 Å². The lowest BCUT2D eigenvalue weighted by molar-refractivity contribution is -0.138. The summed E-state index contributed by atoms with van der Waals surface area (Å²) in [6.45, 7) is 0. The van der Waals surface area contributed by atoms with Gasteiger partial charge in [0.25, 0.3) is 0 Å². The summed E-state index contributed by atoms with van der Waals surface area (Å²) in [4.78, 5) is 10.4. The lowest BCUT2D eigenvalue weighted by Gasteiger charge is -2.05. The Hall–Kier alpha value is -1.55. The van der Waals surface area contributed by atoms with Crippen LogP contribution in [0.2, 0.25) is 0 Å². The summed E-state index contributed by atoms with van der Waals surface area (Å²) in [5.41, 5.74) is 6.07. The SMILES string of the molecule is N[C@H](Cc1ccc([O])cc1)C(=O)O. The highest BCUT2D eigenvalue weighted by Gasteiger charge is 2.11. The van der Waals surface area contributed by atoms with Crippen LogP contribution in [0.15, 0.2) is 24.3 Å². The molecular formula is C9H10NO3. The zero-order valence-electron chi connectivity index (χ0n) is 6.93. The van der Waals surface area contributed by atoms with Crippen molar-refractivity contribution in [1.29, 1.82) is 0 Å². The van der Waals surface area contributed by atoms with E-state index in [2.05, 4.69) is 0 Å². The number of aliphatic carboxylic acids is 1. The molecule has 1 aromatic rings. The van der Waals surface area contributed by atoms with E-state index < -0.39 is 12.0 Å². The molecule has 4 nitrogen and oxygen atoms in total. The van der Waals surface area contributed by atoms with E-state index in [1.54, 1.807) is 12.1 Å². The minimum Gasteiger partial charge on any atom is -0.480 e. The van der Waals surface area contributed by atoms with Crippen LogP contribution in [-0.2, 0) is 16.3 Å². The number of carboxylic acids is 1. The molecule has 0 spiro atoms. The molecule has 0 fully saturated rings. The highest BCUT2D eigenvalue weighted by Crippen LogP contribution is 2.11. The molecule has 1 atom stereocenters. The van der Waals surface area contributed by atoms with Crippen LogP contribution in [-0.4, -0.2) is 17.1 Å². The van der Waals surface area contributed by atoms with E-state index in [-0.39, 0.29) is 12.2 Å². The predicted molar refractivity (Wildman–Crippen MR) is 45.9 cm³/mol. The minimum atomic E-state index is -1.04. The molecule has 0 saturated heterocycles. The molecule has 0 aliphatic rings. The smallest absolute Gasteiger partial charge is 0.320 e. The lowest BCUT2D eigenvalue weighted by atomic mass is 10.1. The molecule has 1 aromatic carbocycles. The average molecular weight is 180 g/mol. The van der Waals surface area contributed by atoms with E-state index in [1.165, 1.54) is 12.1 Å². The molecule has 0 unspecified atom stereocenters. The summed E-state index contributed by atoms with van der Waals surface area (Å²) >= 11 is 0. The van der Waals surface area contributed by atoms with Crippen LogP contribution in [0.4, 0.5) is 0 Å². The minimum absolute atomic E-state index is 0.0901. The van der Waals surface area contributed by atoms with Gasteiger partial charge >= 0.3 is 5.97 Å². The van der Waals surface area contributed by atoms with Crippen LogP contribution in [0.1, 0.15) is 5.56 Å². The van der Waals surface area contributed by atoms with E-state index in [0.717, 1.165) is 5.56 Å². The number of rotatable bonds is 3. The first-order chi connectivity index (χ1) is 6.09. The summed E-state index contributed by atoms with van der Waals surface area (Å²) in [5.74, 6) is -1.13. The van der Waals surface area contributed by atoms with Gasteiger partial charge in [-0.3, -0.25) is 9.90 Å². The van der Waals surface area contributed by atoms with E-state index >= 15 is 0 Å². The maximum absolute atomic E-state index is 10.7. The Morgan fingerprint density at radius 3 is 2.38 bits per heavy atom. The molecule has 0 aromatic heterocycles. The molecule has 13 heavy (non-hydrogen) atoms. The normalized spacial score (nSPS) is 12.4. The first-order valence-corrected chi connectivity index (χ1v) is 3.84.